The van der Waals surface area contributed by atoms with E-state index in [0.29, 0.717) is 17.7 Å². The van der Waals surface area contributed by atoms with Gasteiger partial charge in [0, 0.05) is 11.3 Å². The Kier molecular flexibility index (Phi) is 3.99. The fraction of sp³-hybridized carbons (Fsp3) is 0.385. The quantitative estimate of drug-likeness (QED) is 0.883. The van der Waals surface area contributed by atoms with E-state index in [1.54, 1.807) is 0 Å². The molecule has 0 radical (unpaired) electrons. The Morgan fingerprint density at radius 2 is 2.00 bits per heavy atom. The van der Waals surface area contributed by atoms with E-state index in [9.17, 15) is 19.8 Å². The molecule has 2 unspecified atom stereocenters. The van der Waals surface area contributed by atoms with Gasteiger partial charge in [-0.1, -0.05) is 6.92 Å². The molecule has 2 rings (SSSR count). The molecule has 0 saturated carbocycles. The number of aromatic hydroxyl groups is 1. The second kappa shape index (κ2) is 5.52. The highest BCUT2D eigenvalue weighted by Gasteiger charge is 2.40. The van der Waals surface area contributed by atoms with Crippen molar-refractivity contribution in [3.63, 3.8) is 0 Å². The highest BCUT2D eigenvalue weighted by Crippen LogP contribution is 2.32. The van der Waals surface area contributed by atoms with Gasteiger partial charge in [0.2, 0.25) is 0 Å². The van der Waals surface area contributed by atoms with Gasteiger partial charge < -0.3 is 15.1 Å². The summed E-state index contributed by atoms with van der Waals surface area (Å²) in [5.74, 6) is -0.786. The Hall–Kier alpha value is -1.69. The van der Waals surface area contributed by atoms with Crippen LogP contribution in [0.1, 0.15) is 23.7 Å². The van der Waals surface area contributed by atoms with Gasteiger partial charge in [-0.3, -0.25) is 4.79 Å². The lowest BCUT2D eigenvalue weighted by Crippen LogP contribution is -2.45. The van der Waals surface area contributed by atoms with Crippen molar-refractivity contribution < 1.29 is 19.8 Å². The fourth-order valence-electron chi connectivity index (χ4n) is 2.09. The molecule has 1 aliphatic heterocycles. The first-order valence-electron chi connectivity index (χ1n) is 6.00. The third-order valence-electron chi connectivity index (χ3n) is 3.08. The lowest BCUT2D eigenvalue weighted by Gasteiger charge is -2.26. The van der Waals surface area contributed by atoms with Crippen molar-refractivity contribution in [2.75, 3.05) is 5.75 Å². The molecular weight excluding hydrogens is 266 g/mol. The molecule has 1 heterocycles. The Morgan fingerprint density at radius 1 is 1.37 bits per heavy atom. The SMILES string of the molecule is CCC1SCC(C(=O)O)N1C(=O)c1ccc(O)cc1. The van der Waals surface area contributed by atoms with Crippen LogP contribution >= 0.6 is 11.8 Å². The van der Waals surface area contributed by atoms with Crippen molar-refractivity contribution >= 4 is 23.6 Å². The molecule has 1 fully saturated rings. The molecule has 2 atom stereocenters. The summed E-state index contributed by atoms with van der Waals surface area (Å²) in [6.45, 7) is 1.93. The molecule has 1 aliphatic rings. The predicted octanol–water partition coefficient (Wildman–Crippen LogP) is 1.77. The second-order valence-corrected chi connectivity index (χ2v) is 5.52. The average Bonchev–Trinajstić information content (AvgIpc) is 2.82. The first-order chi connectivity index (χ1) is 9.04. The number of aliphatic carboxylic acids is 1. The monoisotopic (exact) mass is 281 g/mol. The number of thioether (sulfide) groups is 1. The van der Waals surface area contributed by atoms with E-state index in [0.717, 1.165) is 0 Å². The zero-order valence-corrected chi connectivity index (χ0v) is 11.3. The summed E-state index contributed by atoms with van der Waals surface area (Å²) in [4.78, 5) is 25.1. The van der Waals surface area contributed by atoms with Gasteiger partial charge in [-0.15, -0.1) is 11.8 Å². The van der Waals surface area contributed by atoms with Crippen LogP contribution in [0, 0.1) is 0 Å². The molecule has 19 heavy (non-hydrogen) atoms. The largest absolute Gasteiger partial charge is 0.508 e. The minimum Gasteiger partial charge on any atom is -0.508 e. The number of nitrogens with zero attached hydrogens (tertiary/aromatic N) is 1. The second-order valence-electron chi connectivity index (χ2n) is 4.31. The highest BCUT2D eigenvalue weighted by atomic mass is 32.2. The van der Waals surface area contributed by atoms with Crippen molar-refractivity contribution in [2.24, 2.45) is 0 Å². The normalized spacial score (nSPS) is 22.5. The summed E-state index contributed by atoms with van der Waals surface area (Å²) < 4.78 is 0. The van der Waals surface area contributed by atoms with E-state index >= 15 is 0 Å². The molecule has 5 nitrogen and oxygen atoms in total. The van der Waals surface area contributed by atoms with Crippen LogP contribution < -0.4 is 0 Å². The van der Waals surface area contributed by atoms with Gasteiger partial charge in [-0.25, -0.2) is 4.79 Å². The van der Waals surface area contributed by atoms with Crippen LogP contribution in [0.4, 0.5) is 0 Å². The standard InChI is InChI=1S/C13H15NO4S/c1-2-11-14(10(7-19-11)13(17)18)12(16)8-3-5-9(15)6-4-8/h3-6,10-11,15H,2,7H2,1H3,(H,17,18). The molecule has 0 aliphatic carbocycles. The van der Waals surface area contributed by atoms with E-state index in [4.69, 9.17) is 0 Å². The van der Waals surface area contributed by atoms with Gasteiger partial charge in [0.1, 0.15) is 11.8 Å². The zero-order chi connectivity index (χ0) is 14.0. The molecule has 1 aromatic rings. The minimum atomic E-state index is -0.976. The van der Waals surface area contributed by atoms with E-state index in [1.807, 2.05) is 6.92 Å². The van der Waals surface area contributed by atoms with Gasteiger partial charge in [-0.2, -0.15) is 0 Å². The van der Waals surface area contributed by atoms with Gasteiger partial charge in [-0.05, 0) is 30.7 Å². The number of benzene rings is 1. The fourth-order valence-corrected chi connectivity index (χ4v) is 3.44. The number of carbonyl (C=O) groups excluding carboxylic acids is 1. The number of hydrogen-bond acceptors (Lipinski definition) is 4. The zero-order valence-electron chi connectivity index (χ0n) is 10.4. The number of carbonyl (C=O) groups is 2. The van der Waals surface area contributed by atoms with Gasteiger partial charge in [0.15, 0.2) is 0 Å². The van der Waals surface area contributed by atoms with Gasteiger partial charge in [0.05, 0.1) is 5.37 Å². The molecule has 102 valence electrons. The summed E-state index contributed by atoms with van der Waals surface area (Å²) in [7, 11) is 0. The van der Waals surface area contributed by atoms with E-state index < -0.39 is 12.0 Å². The number of phenolic OH excluding ortho intramolecular Hbond substituents is 1. The van der Waals surface area contributed by atoms with Crippen LogP contribution in [0.5, 0.6) is 5.75 Å². The van der Waals surface area contributed by atoms with Gasteiger partial charge in [0.25, 0.3) is 5.91 Å². The topological polar surface area (TPSA) is 77.8 Å². The Labute approximate surface area is 115 Å². The first-order valence-corrected chi connectivity index (χ1v) is 7.05. The number of carboxylic acids is 1. The number of rotatable bonds is 3. The molecule has 1 aromatic carbocycles. The van der Waals surface area contributed by atoms with Crippen LogP contribution in [-0.4, -0.2) is 44.2 Å². The number of hydrogen-bond donors (Lipinski definition) is 2. The smallest absolute Gasteiger partial charge is 0.327 e. The third-order valence-corrected chi connectivity index (χ3v) is 4.53. The van der Waals surface area contributed by atoms with Crippen LogP contribution in [-0.2, 0) is 4.79 Å². The Balaban J connectivity index is 2.28. The van der Waals surface area contributed by atoms with Crippen LogP contribution in [0.2, 0.25) is 0 Å². The van der Waals surface area contributed by atoms with E-state index in [-0.39, 0.29) is 17.0 Å². The van der Waals surface area contributed by atoms with Crippen molar-refractivity contribution in [3.8, 4) is 5.75 Å². The summed E-state index contributed by atoms with van der Waals surface area (Å²) in [5, 5.41) is 18.3. The van der Waals surface area contributed by atoms with Gasteiger partial charge >= 0.3 is 5.97 Å². The van der Waals surface area contributed by atoms with Crippen LogP contribution in [0.3, 0.4) is 0 Å². The average molecular weight is 281 g/mol. The van der Waals surface area contributed by atoms with Crippen molar-refractivity contribution in [2.45, 2.75) is 24.8 Å². The summed E-state index contributed by atoms with van der Waals surface area (Å²) in [5.41, 5.74) is 0.394. The van der Waals surface area contributed by atoms with Crippen molar-refractivity contribution in [1.29, 1.82) is 0 Å². The molecule has 1 saturated heterocycles. The molecule has 0 bridgehead atoms. The molecule has 1 amide bonds. The summed E-state index contributed by atoms with van der Waals surface area (Å²) in [6, 6.07) is 5.08. The molecule has 6 heteroatoms. The summed E-state index contributed by atoms with van der Waals surface area (Å²) in [6.07, 6.45) is 0.707. The van der Waals surface area contributed by atoms with E-state index in [1.165, 1.54) is 40.9 Å². The molecular formula is C13H15NO4S. The number of phenols is 1. The lowest BCUT2D eigenvalue weighted by molar-refractivity contribution is -0.141. The molecule has 2 N–H and O–H groups in total. The van der Waals surface area contributed by atoms with E-state index in [2.05, 4.69) is 0 Å². The minimum absolute atomic E-state index is 0.0779. The number of amides is 1. The highest BCUT2D eigenvalue weighted by molar-refractivity contribution is 8.00. The maximum absolute atomic E-state index is 12.4. The maximum atomic E-state index is 12.4. The summed E-state index contributed by atoms with van der Waals surface area (Å²) >= 11 is 1.49. The van der Waals surface area contributed by atoms with Crippen LogP contribution in [0.25, 0.3) is 0 Å². The maximum Gasteiger partial charge on any atom is 0.327 e. The Morgan fingerprint density at radius 3 is 2.53 bits per heavy atom. The van der Waals surface area contributed by atoms with Crippen LogP contribution in [0.15, 0.2) is 24.3 Å². The predicted molar refractivity (Wildman–Crippen MR) is 72.2 cm³/mol. The first kappa shape index (κ1) is 13.7. The third kappa shape index (κ3) is 2.68. The van der Waals surface area contributed by atoms with Crippen molar-refractivity contribution in [3.05, 3.63) is 29.8 Å². The van der Waals surface area contributed by atoms with Crippen molar-refractivity contribution in [1.82, 2.24) is 4.90 Å². The lowest BCUT2D eigenvalue weighted by atomic mass is 10.1. The Bertz CT molecular complexity index is 488. The molecule has 0 spiro atoms. The molecule has 0 aromatic heterocycles. The number of carboxylic acid groups (broad SMARTS) is 1.